The highest BCUT2D eigenvalue weighted by molar-refractivity contribution is 6.09. The number of benzene rings is 1. The van der Waals surface area contributed by atoms with E-state index in [-0.39, 0.29) is 46.8 Å². The highest BCUT2D eigenvalue weighted by atomic mass is 16.2. The third kappa shape index (κ3) is 1.78. The summed E-state index contributed by atoms with van der Waals surface area (Å²) < 4.78 is 51.0. The van der Waals surface area contributed by atoms with Gasteiger partial charge in [-0.15, -0.1) is 0 Å². The van der Waals surface area contributed by atoms with Gasteiger partial charge >= 0.3 is 0 Å². The van der Waals surface area contributed by atoms with Gasteiger partial charge in [0.15, 0.2) is 0 Å². The molecular weight excluding hydrogens is 276 g/mol. The van der Waals surface area contributed by atoms with Crippen LogP contribution < -0.4 is 0 Å². The molecule has 5 nitrogen and oxygen atoms in total. The molecule has 1 aliphatic heterocycles. The van der Waals surface area contributed by atoms with E-state index in [0.717, 1.165) is 4.90 Å². The van der Waals surface area contributed by atoms with Gasteiger partial charge in [-0.3, -0.25) is 4.79 Å². The summed E-state index contributed by atoms with van der Waals surface area (Å²) in [6.07, 6.45) is 1.70. The first kappa shape index (κ1) is 8.17. The molecule has 0 unspecified atom stereocenters. The van der Waals surface area contributed by atoms with Crippen LogP contribution in [0.3, 0.4) is 0 Å². The number of rotatable bonds is 2. The van der Waals surface area contributed by atoms with Gasteiger partial charge in [-0.25, -0.2) is 4.98 Å². The smallest absolute Gasteiger partial charge is 0.256 e. The van der Waals surface area contributed by atoms with Gasteiger partial charge in [0.1, 0.15) is 0 Å². The fourth-order valence-corrected chi connectivity index (χ4v) is 2.88. The van der Waals surface area contributed by atoms with Crippen molar-refractivity contribution in [2.24, 2.45) is 7.05 Å². The van der Waals surface area contributed by atoms with Crippen molar-refractivity contribution in [3.63, 3.8) is 0 Å². The Kier molecular flexibility index (Phi) is 1.76. The minimum atomic E-state index is -2.14. The molecule has 0 bridgehead atoms. The number of amides is 1. The molecule has 3 heterocycles. The highest BCUT2D eigenvalue weighted by Gasteiger charge is 2.30. The second-order valence-electron chi connectivity index (χ2n) is 5.29. The van der Waals surface area contributed by atoms with E-state index >= 15 is 0 Å². The second-order valence-corrected chi connectivity index (χ2v) is 5.29. The first-order valence-electron chi connectivity index (χ1n) is 9.99. The van der Waals surface area contributed by atoms with Crippen molar-refractivity contribution in [1.29, 1.82) is 0 Å². The number of fused-ring (bicyclic) bond motifs is 3. The Morgan fingerprint density at radius 2 is 2.27 bits per heavy atom. The van der Waals surface area contributed by atoms with Gasteiger partial charge in [0.2, 0.25) is 0 Å². The second kappa shape index (κ2) is 4.73. The van der Waals surface area contributed by atoms with Crippen LogP contribution in [0.5, 0.6) is 0 Å². The summed E-state index contributed by atoms with van der Waals surface area (Å²) in [7, 11) is 1.67. The normalized spacial score (nSPS) is 19.2. The minimum absolute atomic E-state index is 0.115. The molecule has 0 saturated carbocycles. The lowest BCUT2D eigenvalue weighted by atomic mass is 10.0. The Morgan fingerprint density at radius 3 is 3.05 bits per heavy atom. The largest absolute Gasteiger partial charge is 0.347 e. The summed E-state index contributed by atoms with van der Waals surface area (Å²) in [6, 6.07) is -1.27. The predicted molar refractivity (Wildman–Crippen MR) is 84.7 cm³/mol. The first-order chi connectivity index (χ1) is 13.1. The van der Waals surface area contributed by atoms with E-state index in [1.54, 1.807) is 18.5 Å². The number of nitrogens with one attached hydrogen (secondary N) is 1. The molecule has 0 fully saturated rings. The lowest BCUT2D eigenvalue weighted by Gasteiger charge is -2.27. The molecule has 0 spiro atoms. The van der Waals surface area contributed by atoms with Crippen LogP contribution in [0.1, 0.15) is 35.7 Å². The van der Waals surface area contributed by atoms with Crippen molar-refractivity contribution in [2.75, 3.05) is 6.54 Å². The van der Waals surface area contributed by atoms with Crippen LogP contribution in [0.15, 0.2) is 30.5 Å². The van der Waals surface area contributed by atoms with E-state index in [9.17, 15) is 4.79 Å². The van der Waals surface area contributed by atoms with E-state index < -0.39 is 18.4 Å². The molecule has 0 radical (unpaired) electrons. The average Bonchev–Trinajstić information content (AvgIpc) is 3.21. The monoisotopic (exact) mass is 300 g/mol. The van der Waals surface area contributed by atoms with Crippen molar-refractivity contribution in [2.45, 2.75) is 19.8 Å². The molecule has 3 aromatic rings. The average molecular weight is 300 g/mol. The number of carbonyl (C=O) groups excluding carboxylic acids is 1. The Balaban J connectivity index is 1.96. The summed E-state index contributed by atoms with van der Waals surface area (Å²) >= 11 is 0. The Morgan fingerprint density at radius 1 is 1.45 bits per heavy atom. The fraction of sp³-hybridized carbons (Fsp3) is 0.294. The van der Waals surface area contributed by atoms with E-state index in [4.69, 9.17) is 8.22 Å². The number of imidazole rings is 1. The molecule has 22 heavy (non-hydrogen) atoms. The minimum Gasteiger partial charge on any atom is -0.347 e. The van der Waals surface area contributed by atoms with Crippen molar-refractivity contribution in [3.05, 3.63) is 53.1 Å². The van der Waals surface area contributed by atoms with E-state index in [1.807, 2.05) is 0 Å². The van der Waals surface area contributed by atoms with Gasteiger partial charge in [0, 0.05) is 36.6 Å². The molecule has 1 N–H and O–H groups in total. The molecule has 0 atom stereocenters. The van der Waals surface area contributed by atoms with Gasteiger partial charge in [0.25, 0.3) is 5.91 Å². The molecule has 0 saturated heterocycles. The molecule has 1 aromatic carbocycles. The van der Waals surface area contributed by atoms with Crippen molar-refractivity contribution in [1.82, 2.24) is 19.4 Å². The first-order valence-corrected chi connectivity index (χ1v) is 6.99. The molecule has 112 valence electrons. The van der Waals surface area contributed by atoms with Crippen molar-refractivity contribution in [3.8, 4) is 0 Å². The zero-order chi connectivity index (χ0) is 20.5. The quantitative estimate of drug-likeness (QED) is 0.790. The third-order valence-corrected chi connectivity index (χ3v) is 4.05. The number of carbonyl (C=O) groups is 1. The Hall–Kier alpha value is -2.56. The predicted octanol–water partition coefficient (Wildman–Crippen LogP) is 2.41. The van der Waals surface area contributed by atoms with Crippen LogP contribution in [0.25, 0.3) is 10.9 Å². The maximum absolute atomic E-state index is 13.3. The summed E-state index contributed by atoms with van der Waals surface area (Å²) in [5.74, 6) is -0.601. The number of nitrogens with zero attached hydrogens (tertiary/aromatic N) is 3. The number of hydrogen-bond donors (Lipinski definition) is 1. The number of aromatic nitrogens is 3. The summed E-state index contributed by atoms with van der Waals surface area (Å²) in [6.45, 7) is -0.371. The summed E-state index contributed by atoms with van der Waals surface area (Å²) in [5, 5.41) is 0.135. The van der Waals surface area contributed by atoms with Crippen LogP contribution >= 0.6 is 0 Å². The Labute approximate surface area is 137 Å². The van der Waals surface area contributed by atoms with Crippen LogP contribution in [-0.2, 0) is 20.0 Å². The molecule has 2 aromatic heterocycles. The number of H-pyrrole nitrogens is 1. The zero-order valence-electron chi connectivity index (χ0n) is 18.2. The lowest BCUT2D eigenvalue weighted by molar-refractivity contribution is 0.0725. The van der Waals surface area contributed by atoms with Crippen LogP contribution in [0.2, 0.25) is 0 Å². The number of hydrogen-bond acceptors (Lipinski definition) is 2. The van der Waals surface area contributed by atoms with E-state index in [0.29, 0.717) is 17.8 Å². The molecule has 1 amide bonds. The summed E-state index contributed by atoms with van der Waals surface area (Å²) in [5.41, 5.74) is 1.61. The Bertz CT molecular complexity index is 1150. The maximum atomic E-state index is 13.3. The van der Waals surface area contributed by atoms with Gasteiger partial charge in [0.05, 0.1) is 38.0 Å². The van der Waals surface area contributed by atoms with Crippen LogP contribution in [-0.4, -0.2) is 31.9 Å². The number of para-hydroxylation sites is 1. The molecule has 4 rings (SSSR count). The lowest BCUT2D eigenvalue weighted by Crippen LogP contribution is -2.37. The molecule has 1 aliphatic rings. The van der Waals surface area contributed by atoms with E-state index in [1.165, 1.54) is 6.33 Å². The standard InChI is InChI=1S/C17H18N4O/c1-11-13(19-10-18-11)9-21-8-7-15-16(17(21)22)12-5-3-4-6-14(12)20(15)2/h3-6,10H,7-9H2,1-2H3,(H,18,19)/i3D,4D,5D,6D,9D2. The fourth-order valence-electron chi connectivity index (χ4n) is 2.88. The topological polar surface area (TPSA) is 53.9 Å². The van der Waals surface area contributed by atoms with E-state index in [2.05, 4.69) is 9.97 Å². The maximum Gasteiger partial charge on any atom is 0.256 e. The summed E-state index contributed by atoms with van der Waals surface area (Å²) in [4.78, 5) is 21.2. The number of aromatic amines is 1. The van der Waals surface area contributed by atoms with Gasteiger partial charge in [-0.1, -0.05) is 18.1 Å². The molecule has 5 heteroatoms. The molecular formula is C17H18N4O. The van der Waals surface area contributed by atoms with Crippen LogP contribution in [0.4, 0.5) is 0 Å². The third-order valence-electron chi connectivity index (χ3n) is 4.05. The van der Waals surface area contributed by atoms with Crippen molar-refractivity contribution >= 4 is 16.8 Å². The molecule has 0 aliphatic carbocycles. The SMILES string of the molecule is [2H]c1c([2H])c([2H])c2c(c1[2H])c1c(n2C)CCN(C([2H])([2H])c2[nH]cnc2C)C1=O. The van der Waals surface area contributed by atoms with Gasteiger partial charge in [-0.2, -0.15) is 0 Å². The van der Waals surface area contributed by atoms with Crippen LogP contribution in [0, 0.1) is 6.92 Å². The van der Waals surface area contributed by atoms with Gasteiger partial charge < -0.3 is 14.5 Å². The van der Waals surface area contributed by atoms with Gasteiger partial charge in [-0.05, 0) is 13.0 Å². The zero-order valence-corrected chi connectivity index (χ0v) is 12.2. The van der Waals surface area contributed by atoms with Crippen molar-refractivity contribution < 1.29 is 13.0 Å². The highest BCUT2D eigenvalue weighted by Crippen LogP contribution is 2.30. The number of aryl methyl sites for hydroxylation is 2.